The van der Waals surface area contributed by atoms with Gasteiger partial charge in [-0.15, -0.1) is 0 Å². The Morgan fingerprint density at radius 3 is 2.71 bits per heavy atom. The lowest BCUT2D eigenvalue weighted by Gasteiger charge is -2.13. The van der Waals surface area contributed by atoms with E-state index in [4.69, 9.17) is 4.52 Å². The van der Waals surface area contributed by atoms with Crippen LogP contribution in [0.25, 0.3) is 0 Å². The van der Waals surface area contributed by atoms with Gasteiger partial charge in [0.15, 0.2) is 0 Å². The molecule has 0 atom stereocenters. The van der Waals surface area contributed by atoms with Crippen LogP contribution in [0.1, 0.15) is 27.4 Å². The molecule has 0 saturated carbocycles. The molecule has 1 heterocycles. The van der Waals surface area contributed by atoms with Crippen LogP contribution in [0.5, 0.6) is 0 Å². The maximum atomic E-state index is 12.1. The number of anilines is 1. The fraction of sp³-hybridized carbons (Fsp3) is 0.375. The van der Waals surface area contributed by atoms with Crippen molar-refractivity contribution in [2.24, 2.45) is 0 Å². The van der Waals surface area contributed by atoms with Gasteiger partial charge >= 0.3 is 0 Å². The zero-order chi connectivity index (χ0) is 15.4. The Kier molecular flexibility index (Phi) is 4.62. The summed E-state index contributed by atoms with van der Waals surface area (Å²) >= 11 is 0. The average Bonchev–Trinajstić information content (AvgIpc) is 2.79. The van der Waals surface area contributed by atoms with E-state index in [0.29, 0.717) is 12.1 Å². The minimum absolute atomic E-state index is 0.0644. The molecule has 1 N–H and O–H groups in total. The molecule has 1 amide bonds. The Labute approximate surface area is 124 Å². The molecular formula is C16H21N3O2. The van der Waals surface area contributed by atoms with Crippen molar-refractivity contribution in [1.82, 2.24) is 10.5 Å². The largest absolute Gasteiger partial charge is 0.378 e. The Balaban J connectivity index is 1.95. The van der Waals surface area contributed by atoms with Crippen molar-refractivity contribution in [2.45, 2.75) is 20.3 Å². The van der Waals surface area contributed by atoms with Gasteiger partial charge in [-0.1, -0.05) is 11.2 Å². The first-order chi connectivity index (χ1) is 9.99. The van der Waals surface area contributed by atoms with E-state index >= 15 is 0 Å². The van der Waals surface area contributed by atoms with Gasteiger partial charge in [0.1, 0.15) is 5.76 Å². The van der Waals surface area contributed by atoms with Crippen LogP contribution in [0, 0.1) is 13.8 Å². The van der Waals surface area contributed by atoms with Gasteiger partial charge in [-0.3, -0.25) is 4.79 Å². The fourth-order valence-electron chi connectivity index (χ4n) is 2.19. The summed E-state index contributed by atoms with van der Waals surface area (Å²) in [6, 6.07) is 7.56. The molecule has 2 aromatic rings. The topological polar surface area (TPSA) is 58.4 Å². The normalized spacial score (nSPS) is 10.5. The summed E-state index contributed by atoms with van der Waals surface area (Å²) in [5.74, 6) is 0.752. The molecular weight excluding hydrogens is 266 g/mol. The summed E-state index contributed by atoms with van der Waals surface area (Å²) in [7, 11) is 3.91. The van der Waals surface area contributed by atoms with Crippen molar-refractivity contribution in [3.8, 4) is 0 Å². The van der Waals surface area contributed by atoms with Crippen LogP contribution in [0.3, 0.4) is 0 Å². The first-order valence-electron chi connectivity index (χ1n) is 6.96. The van der Waals surface area contributed by atoms with Gasteiger partial charge in [-0.25, -0.2) is 0 Å². The van der Waals surface area contributed by atoms with Crippen LogP contribution in [-0.2, 0) is 6.42 Å². The third-order valence-electron chi connectivity index (χ3n) is 3.47. The van der Waals surface area contributed by atoms with E-state index in [1.165, 1.54) is 0 Å². The minimum Gasteiger partial charge on any atom is -0.378 e. The molecule has 1 aromatic carbocycles. The fourth-order valence-corrected chi connectivity index (χ4v) is 2.19. The number of hydrogen-bond donors (Lipinski definition) is 1. The molecule has 0 aliphatic heterocycles. The molecule has 0 fully saturated rings. The third-order valence-corrected chi connectivity index (χ3v) is 3.47. The van der Waals surface area contributed by atoms with Crippen molar-refractivity contribution in [3.63, 3.8) is 0 Å². The highest BCUT2D eigenvalue weighted by molar-refractivity contribution is 5.95. The molecule has 5 nitrogen and oxygen atoms in total. The lowest BCUT2D eigenvalue weighted by molar-refractivity contribution is 0.0954. The van der Waals surface area contributed by atoms with Crippen LogP contribution in [0.2, 0.25) is 0 Å². The van der Waals surface area contributed by atoms with Crippen molar-refractivity contribution < 1.29 is 9.32 Å². The van der Waals surface area contributed by atoms with E-state index in [1.54, 1.807) is 0 Å². The third kappa shape index (κ3) is 3.62. The predicted molar refractivity (Wildman–Crippen MR) is 82.8 cm³/mol. The molecule has 0 bridgehead atoms. The Morgan fingerprint density at radius 2 is 2.10 bits per heavy atom. The number of carbonyl (C=O) groups excluding carboxylic acids is 1. The molecule has 2 rings (SSSR count). The second kappa shape index (κ2) is 6.43. The van der Waals surface area contributed by atoms with Crippen LogP contribution in [-0.4, -0.2) is 31.7 Å². The maximum Gasteiger partial charge on any atom is 0.251 e. The first kappa shape index (κ1) is 15.1. The molecule has 5 heteroatoms. The number of aryl methyl sites for hydroxylation is 2. The highest BCUT2D eigenvalue weighted by atomic mass is 16.5. The Morgan fingerprint density at radius 1 is 1.33 bits per heavy atom. The smallest absolute Gasteiger partial charge is 0.251 e. The van der Waals surface area contributed by atoms with E-state index in [2.05, 4.69) is 10.5 Å². The van der Waals surface area contributed by atoms with Crippen LogP contribution >= 0.6 is 0 Å². The number of benzene rings is 1. The zero-order valence-electron chi connectivity index (χ0n) is 12.9. The summed E-state index contributed by atoms with van der Waals surface area (Å²) in [4.78, 5) is 14.1. The summed E-state index contributed by atoms with van der Waals surface area (Å²) in [6.07, 6.45) is 0.722. The molecule has 0 radical (unpaired) electrons. The molecule has 1 aromatic heterocycles. The monoisotopic (exact) mass is 287 g/mol. The number of nitrogens with one attached hydrogen (secondary N) is 1. The molecule has 0 unspecified atom stereocenters. The number of carbonyl (C=O) groups is 1. The summed E-state index contributed by atoms with van der Waals surface area (Å²) in [6.45, 7) is 4.36. The molecule has 21 heavy (non-hydrogen) atoms. The van der Waals surface area contributed by atoms with Gasteiger partial charge in [0.2, 0.25) is 0 Å². The number of rotatable bonds is 5. The molecule has 0 aliphatic carbocycles. The number of hydrogen-bond acceptors (Lipinski definition) is 4. The molecule has 0 saturated heterocycles. The van der Waals surface area contributed by atoms with Gasteiger partial charge in [0.25, 0.3) is 5.91 Å². The van der Waals surface area contributed by atoms with Crippen molar-refractivity contribution >= 4 is 11.6 Å². The second-order valence-corrected chi connectivity index (χ2v) is 5.25. The van der Waals surface area contributed by atoms with Gasteiger partial charge < -0.3 is 14.7 Å². The number of nitrogens with zero attached hydrogens (tertiary/aromatic N) is 2. The second-order valence-electron chi connectivity index (χ2n) is 5.25. The Hall–Kier alpha value is -2.30. The van der Waals surface area contributed by atoms with Gasteiger partial charge in [0.05, 0.1) is 5.69 Å². The maximum absolute atomic E-state index is 12.1. The van der Waals surface area contributed by atoms with E-state index in [-0.39, 0.29) is 5.91 Å². The lowest BCUT2D eigenvalue weighted by atomic mass is 10.1. The van der Waals surface area contributed by atoms with Gasteiger partial charge in [0, 0.05) is 37.5 Å². The van der Waals surface area contributed by atoms with E-state index in [0.717, 1.165) is 29.1 Å². The Bertz CT molecular complexity index is 613. The van der Waals surface area contributed by atoms with Gasteiger partial charge in [-0.2, -0.15) is 0 Å². The quantitative estimate of drug-likeness (QED) is 0.917. The van der Waals surface area contributed by atoms with Crippen molar-refractivity contribution in [1.29, 1.82) is 0 Å². The predicted octanol–water partition coefficient (Wildman–Crippen LogP) is 2.33. The van der Waals surface area contributed by atoms with Crippen molar-refractivity contribution in [3.05, 3.63) is 46.8 Å². The van der Waals surface area contributed by atoms with E-state index < -0.39 is 0 Å². The van der Waals surface area contributed by atoms with Crippen LogP contribution in [0.4, 0.5) is 5.69 Å². The van der Waals surface area contributed by atoms with E-state index in [1.807, 2.05) is 57.1 Å². The van der Waals surface area contributed by atoms with Gasteiger partial charge in [-0.05, 0) is 38.5 Å². The average molecular weight is 287 g/mol. The number of amides is 1. The SMILES string of the molecule is Cc1noc(C)c1CCNC(=O)c1cccc(N(C)C)c1. The summed E-state index contributed by atoms with van der Waals surface area (Å²) in [5.41, 5.74) is 3.63. The molecule has 0 spiro atoms. The van der Waals surface area contributed by atoms with E-state index in [9.17, 15) is 4.79 Å². The zero-order valence-corrected chi connectivity index (χ0v) is 12.9. The van der Waals surface area contributed by atoms with Crippen molar-refractivity contribution in [2.75, 3.05) is 25.5 Å². The minimum atomic E-state index is -0.0644. The summed E-state index contributed by atoms with van der Waals surface area (Å²) in [5, 5.41) is 6.84. The summed E-state index contributed by atoms with van der Waals surface area (Å²) < 4.78 is 5.11. The highest BCUT2D eigenvalue weighted by Crippen LogP contribution is 2.14. The lowest BCUT2D eigenvalue weighted by Crippen LogP contribution is -2.26. The van der Waals surface area contributed by atoms with Crippen LogP contribution in [0.15, 0.2) is 28.8 Å². The molecule has 0 aliphatic rings. The standard InChI is InChI=1S/C16H21N3O2/c1-11-15(12(2)21-18-11)8-9-17-16(20)13-6-5-7-14(10-13)19(3)4/h5-7,10H,8-9H2,1-4H3,(H,17,20). The molecule has 112 valence electrons. The highest BCUT2D eigenvalue weighted by Gasteiger charge is 2.10. The first-order valence-corrected chi connectivity index (χ1v) is 6.96. The van der Waals surface area contributed by atoms with Crippen LogP contribution < -0.4 is 10.2 Å². The number of aromatic nitrogens is 1.